The number of amides is 1. The smallest absolute Gasteiger partial charge is 0.280 e. The lowest BCUT2D eigenvalue weighted by atomic mass is 10.2. The fourth-order valence-corrected chi connectivity index (χ4v) is 2.86. The molecule has 6 nitrogen and oxygen atoms in total. The number of thioether (sulfide) groups is 1. The summed E-state index contributed by atoms with van der Waals surface area (Å²) in [5.41, 5.74) is 7.31. The Bertz CT molecular complexity index is 945. The molecule has 2 aromatic carbocycles. The van der Waals surface area contributed by atoms with Gasteiger partial charge in [0, 0.05) is 10.6 Å². The van der Waals surface area contributed by atoms with Crippen LogP contribution in [0.2, 0.25) is 5.02 Å². The van der Waals surface area contributed by atoms with Crippen molar-refractivity contribution in [2.45, 2.75) is 11.4 Å². The first-order valence-corrected chi connectivity index (χ1v) is 9.16. The lowest BCUT2D eigenvalue weighted by Crippen LogP contribution is -2.15. The van der Waals surface area contributed by atoms with Crippen molar-refractivity contribution in [2.24, 2.45) is 0 Å². The third kappa shape index (κ3) is 3.97. The van der Waals surface area contributed by atoms with Gasteiger partial charge in [-0.15, -0.1) is 16.9 Å². The Balaban J connectivity index is 1.74. The van der Waals surface area contributed by atoms with Gasteiger partial charge in [0.1, 0.15) is 5.82 Å². The Morgan fingerprint density at radius 1 is 1.31 bits per heavy atom. The molecule has 0 radical (unpaired) electrons. The number of hydrogen-bond acceptors (Lipinski definition) is 5. The predicted molar refractivity (Wildman–Crippen MR) is 101 cm³/mol. The van der Waals surface area contributed by atoms with Gasteiger partial charge in [0.15, 0.2) is 11.5 Å². The highest BCUT2D eigenvalue weighted by Crippen LogP contribution is 2.21. The molecule has 0 unspecified atom stereocenters. The maximum atomic E-state index is 13.2. The summed E-state index contributed by atoms with van der Waals surface area (Å²) in [5, 5.41) is 10.3. The molecule has 0 aliphatic rings. The van der Waals surface area contributed by atoms with Gasteiger partial charge in [0.2, 0.25) is 0 Å². The van der Waals surface area contributed by atoms with Gasteiger partial charge in [-0.1, -0.05) is 28.9 Å². The standard InChI is InChI=1S/C17H15ClFN5OS/c1-26-12-5-2-10(3-6-12)9-24-16(20)15(22-23-24)17(25)21-11-4-7-14(19)13(18)8-11/h2-8H,9,20H2,1H3,(H,21,25). The van der Waals surface area contributed by atoms with Crippen molar-refractivity contribution in [1.29, 1.82) is 0 Å². The van der Waals surface area contributed by atoms with E-state index >= 15 is 0 Å². The van der Waals surface area contributed by atoms with Crippen LogP contribution in [-0.2, 0) is 6.54 Å². The largest absolute Gasteiger partial charge is 0.382 e. The van der Waals surface area contributed by atoms with E-state index in [4.69, 9.17) is 17.3 Å². The normalized spacial score (nSPS) is 10.7. The minimum atomic E-state index is -0.567. The number of rotatable bonds is 5. The number of carbonyl (C=O) groups is 1. The van der Waals surface area contributed by atoms with Crippen molar-refractivity contribution in [3.8, 4) is 0 Å². The molecule has 3 aromatic rings. The summed E-state index contributed by atoms with van der Waals surface area (Å²) in [6.07, 6.45) is 2.00. The van der Waals surface area contributed by atoms with Crippen LogP contribution in [0.5, 0.6) is 0 Å². The summed E-state index contributed by atoms with van der Waals surface area (Å²) in [5.74, 6) is -0.971. The first-order chi connectivity index (χ1) is 12.5. The highest BCUT2D eigenvalue weighted by Gasteiger charge is 2.18. The number of hydrogen-bond donors (Lipinski definition) is 2. The van der Waals surface area contributed by atoms with Gasteiger partial charge < -0.3 is 11.1 Å². The Morgan fingerprint density at radius 3 is 2.69 bits per heavy atom. The van der Waals surface area contributed by atoms with E-state index < -0.39 is 11.7 Å². The quantitative estimate of drug-likeness (QED) is 0.648. The van der Waals surface area contributed by atoms with Gasteiger partial charge in [-0.25, -0.2) is 9.07 Å². The number of nitrogens with two attached hydrogens (primary N) is 1. The fourth-order valence-electron chi connectivity index (χ4n) is 2.27. The molecule has 1 aromatic heterocycles. The van der Waals surface area contributed by atoms with Crippen molar-refractivity contribution in [1.82, 2.24) is 15.0 Å². The molecule has 1 heterocycles. The molecular weight excluding hydrogens is 377 g/mol. The predicted octanol–water partition coefficient (Wildman–Crippen LogP) is 3.68. The molecule has 134 valence electrons. The number of anilines is 2. The molecule has 3 rings (SSSR count). The number of benzene rings is 2. The Labute approximate surface area is 158 Å². The van der Waals surface area contributed by atoms with Crippen LogP contribution < -0.4 is 11.1 Å². The summed E-state index contributed by atoms with van der Waals surface area (Å²) >= 11 is 7.36. The number of nitrogen functional groups attached to an aromatic ring is 1. The number of halogens is 2. The van der Waals surface area contributed by atoms with Gasteiger partial charge >= 0.3 is 0 Å². The number of carbonyl (C=O) groups excluding carboxylic acids is 1. The van der Waals surface area contributed by atoms with Crippen LogP contribution in [0.3, 0.4) is 0 Å². The SMILES string of the molecule is CSc1ccc(Cn2nnc(C(=O)Nc3ccc(F)c(Cl)c3)c2N)cc1. The van der Waals surface area contributed by atoms with E-state index in [2.05, 4.69) is 15.6 Å². The van der Waals surface area contributed by atoms with E-state index in [0.717, 1.165) is 16.5 Å². The number of aromatic nitrogens is 3. The summed E-state index contributed by atoms with van der Waals surface area (Å²) in [6, 6.07) is 11.8. The summed E-state index contributed by atoms with van der Waals surface area (Å²) in [7, 11) is 0. The van der Waals surface area contributed by atoms with E-state index in [9.17, 15) is 9.18 Å². The Hall–Kier alpha value is -2.58. The number of nitrogens with zero attached hydrogens (tertiary/aromatic N) is 3. The van der Waals surface area contributed by atoms with E-state index in [-0.39, 0.29) is 16.5 Å². The zero-order chi connectivity index (χ0) is 18.7. The Kier molecular flexibility index (Phi) is 5.43. The van der Waals surface area contributed by atoms with Crippen molar-refractivity contribution in [2.75, 3.05) is 17.3 Å². The van der Waals surface area contributed by atoms with Crippen LogP contribution in [-0.4, -0.2) is 27.2 Å². The van der Waals surface area contributed by atoms with Gasteiger partial charge in [0.05, 0.1) is 11.6 Å². The molecule has 1 amide bonds. The summed E-state index contributed by atoms with van der Waals surface area (Å²) in [6.45, 7) is 0.392. The number of nitrogens with one attached hydrogen (secondary N) is 1. The lowest BCUT2D eigenvalue weighted by Gasteiger charge is -2.06. The van der Waals surface area contributed by atoms with Gasteiger partial charge in [0.25, 0.3) is 5.91 Å². The van der Waals surface area contributed by atoms with Crippen LogP contribution >= 0.6 is 23.4 Å². The second-order valence-electron chi connectivity index (χ2n) is 5.41. The molecule has 0 atom stereocenters. The second-order valence-corrected chi connectivity index (χ2v) is 6.70. The molecule has 0 saturated carbocycles. The molecule has 0 spiro atoms. The van der Waals surface area contributed by atoms with E-state index in [1.807, 2.05) is 30.5 Å². The van der Waals surface area contributed by atoms with E-state index in [0.29, 0.717) is 12.2 Å². The zero-order valence-electron chi connectivity index (χ0n) is 13.7. The van der Waals surface area contributed by atoms with Crippen LogP contribution in [0.15, 0.2) is 47.4 Å². The topological polar surface area (TPSA) is 85.8 Å². The van der Waals surface area contributed by atoms with Gasteiger partial charge in [-0.05, 0) is 42.2 Å². The molecule has 0 bridgehead atoms. The highest BCUT2D eigenvalue weighted by molar-refractivity contribution is 7.98. The van der Waals surface area contributed by atoms with Crippen LogP contribution in [0.25, 0.3) is 0 Å². The third-order valence-corrected chi connectivity index (χ3v) is 4.69. The van der Waals surface area contributed by atoms with Crippen LogP contribution in [0.1, 0.15) is 16.1 Å². The lowest BCUT2D eigenvalue weighted by molar-refractivity contribution is 0.102. The average molecular weight is 392 g/mol. The molecule has 0 aliphatic carbocycles. The molecule has 0 aliphatic heterocycles. The molecule has 9 heteroatoms. The summed E-state index contributed by atoms with van der Waals surface area (Å²) in [4.78, 5) is 13.5. The molecule has 3 N–H and O–H groups in total. The molecule has 0 saturated heterocycles. The Morgan fingerprint density at radius 2 is 2.04 bits per heavy atom. The highest BCUT2D eigenvalue weighted by atomic mass is 35.5. The maximum Gasteiger partial charge on any atom is 0.280 e. The average Bonchev–Trinajstić information content (AvgIpc) is 2.99. The zero-order valence-corrected chi connectivity index (χ0v) is 15.3. The fraction of sp³-hybridized carbons (Fsp3) is 0.118. The minimum Gasteiger partial charge on any atom is -0.382 e. The maximum absolute atomic E-state index is 13.2. The van der Waals surface area contributed by atoms with Crippen molar-refractivity contribution in [3.05, 3.63) is 64.6 Å². The van der Waals surface area contributed by atoms with Crippen molar-refractivity contribution in [3.63, 3.8) is 0 Å². The van der Waals surface area contributed by atoms with Crippen molar-refractivity contribution < 1.29 is 9.18 Å². The minimum absolute atomic E-state index is 0.00817. The monoisotopic (exact) mass is 391 g/mol. The van der Waals surface area contributed by atoms with Gasteiger partial charge in [-0.3, -0.25) is 4.79 Å². The summed E-state index contributed by atoms with van der Waals surface area (Å²) < 4.78 is 14.6. The molecular formula is C17H15ClFN5OS. The van der Waals surface area contributed by atoms with Gasteiger partial charge in [-0.2, -0.15) is 0 Å². The third-order valence-electron chi connectivity index (χ3n) is 3.66. The van der Waals surface area contributed by atoms with Crippen LogP contribution in [0, 0.1) is 5.82 Å². The first-order valence-electron chi connectivity index (χ1n) is 7.56. The first kappa shape index (κ1) is 18.2. The van der Waals surface area contributed by atoms with E-state index in [1.165, 1.54) is 16.8 Å². The van der Waals surface area contributed by atoms with E-state index in [1.54, 1.807) is 11.8 Å². The molecule has 0 fully saturated rings. The molecule has 26 heavy (non-hydrogen) atoms. The van der Waals surface area contributed by atoms with Crippen LogP contribution in [0.4, 0.5) is 15.9 Å². The second kappa shape index (κ2) is 7.76. The van der Waals surface area contributed by atoms with Crippen molar-refractivity contribution >= 4 is 40.8 Å².